The van der Waals surface area contributed by atoms with Crippen LogP contribution in [0.4, 0.5) is 5.82 Å². The Morgan fingerprint density at radius 3 is 1.98 bits per heavy atom. The van der Waals surface area contributed by atoms with E-state index in [1.807, 2.05) is 6.26 Å². The van der Waals surface area contributed by atoms with Crippen molar-refractivity contribution in [3.63, 3.8) is 0 Å². The molecule has 2 amide bonds. The van der Waals surface area contributed by atoms with Gasteiger partial charge in [0.25, 0.3) is 0 Å². The molecule has 1 aliphatic rings. The maximum atomic E-state index is 13.0. The van der Waals surface area contributed by atoms with Crippen LogP contribution in [-0.2, 0) is 14.3 Å². The number of aliphatic hydroxyl groups is 3. The zero-order valence-corrected chi connectivity index (χ0v) is 28.3. The third-order valence-corrected chi connectivity index (χ3v) is 9.04. The molecule has 2 rings (SSSR count). The van der Waals surface area contributed by atoms with Crippen molar-refractivity contribution in [3.05, 3.63) is 22.7 Å². The van der Waals surface area contributed by atoms with Crippen molar-refractivity contribution < 1.29 is 29.6 Å². The molecule has 5 atom stereocenters. The van der Waals surface area contributed by atoms with E-state index in [9.17, 15) is 29.7 Å². The lowest BCUT2D eigenvalue weighted by atomic mass is 10.0. The molecule has 258 valence electrons. The Labute approximate surface area is 273 Å². The number of nitrogens with one attached hydrogen (secondary N) is 2. The molecule has 1 aliphatic heterocycles. The molecular weight excluding hydrogens is 596 g/mol. The molecule has 0 saturated carbocycles. The Bertz CT molecular complexity index is 1030. The van der Waals surface area contributed by atoms with Crippen LogP contribution in [0.2, 0.25) is 0 Å². The molecule has 2 heterocycles. The van der Waals surface area contributed by atoms with Gasteiger partial charge in [-0.1, -0.05) is 103 Å². The van der Waals surface area contributed by atoms with Gasteiger partial charge < -0.3 is 30.7 Å². The highest BCUT2D eigenvalue weighted by atomic mass is 32.2. The van der Waals surface area contributed by atoms with E-state index in [2.05, 4.69) is 22.5 Å². The Morgan fingerprint density at radius 2 is 1.49 bits per heavy atom. The summed E-state index contributed by atoms with van der Waals surface area (Å²) in [4.78, 5) is 42.1. The minimum atomic E-state index is -1.43. The SMILES string of the molecule is CCCCCCCCCCCCCCCCCCC(=O)N[C@@H](CCSC)C(=O)Nc1ccn([C@H]2O[C@@H](CO)[C@H](O)[C@H]2O)c(=O)n1. The number of carbonyl (C=O) groups excluding carboxylic acids is 2. The van der Waals surface area contributed by atoms with Gasteiger partial charge in [-0.25, -0.2) is 4.79 Å². The van der Waals surface area contributed by atoms with E-state index in [0.717, 1.165) is 23.8 Å². The molecule has 11 nitrogen and oxygen atoms in total. The van der Waals surface area contributed by atoms with Gasteiger partial charge in [0.1, 0.15) is 30.2 Å². The number of anilines is 1. The van der Waals surface area contributed by atoms with E-state index in [0.29, 0.717) is 18.6 Å². The predicted octanol–water partition coefficient (Wildman–Crippen LogP) is 4.68. The fraction of sp³-hybridized carbons (Fsp3) is 0.818. The zero-order chi connectivity index (χ0) is 32.9. The van der Waals surface area contributed by atoms with Gasteiger partial charge in [-0.05, 0) is 30.9 Å². The molecule has 0 aromatic carbocycles. The predicted molar refractivity (Wildman–Crippen MR) is 179 cm³/mol. The third kappa shape index (κ3) is 15.0. The van der Waals surface area contributed by atoms with Crippen molar-refractivity contribution in [3.8, 4) is 0 Å². The first-order valence-corrected chi connectivity index (χ1v) is 18.5. The highest BCUT2D eigenvalue weighted by molar-refractivity contribution is 7.98. The van der Waals surface area contributed by atoms with Gasteiger partial charge in [0.2, 0.25) is 11.8 Å². The summed E-state index contributed by atoms with van der Waals surface area (Å²) >= 11 is 1.57. The maximum Gasteiger partial charge on any atom is 0.351 e. The quantitative estimate of drug-likeness (QED) is 0.0942. The molecule has 1 aromatic rings. The standard InChI is InChI=1S/C33H58N4O7S/c1-3-4-5-6-7-8-9-10-11-12-13-14-15-16-17-18-19-28(39)34-25(21-23-45-2)31(42)35-27-20-22-37(33(43)36-27)32-30(41)29(40)26(24-38)44-32/h20,22,25-26,29-30,32,38,40-41H,3-19,21,23-24H2,1-2H3,(H,34,39)(H,35,36,42,43)/t25-,26-,29-,30+,32-/m0/s1. The minimum Gasteiger partial charge on any atom is -0.394 e. The number of aliphatic hydroxyl groups excluding tert-OH is 3. The van der Waals surface area contributed by atoms with Crippen LogP contribution in [0.3, 0.4) is 0 Å². The number of hydrogen-bond acceptors (Lipinski definition) is 9. The smallest absolute Gasteiger partial charge is 0.351 e. The summed E-state index contributed by atoms with van der Waals surface area (Å²) < 4.78 is 6.37. The van der Waals surface area contributed by atoms with Gasteiger partial charge >= 0.3 is 5.69 Å². The van der Waals surface area contributed by atoms with Gasteiger partial charge in [0.05, 0.1) is 6.61 Å². The molecule has 1 saturated heterocycles. The van der Waals surface area contributed by atoms with Crippen molar-refractivity contribution in [2.45, 2.75) is 153 Å². The molecule has 0 bridgehead atoms. The second-order valence-corrected chi connectivity index (χ2v) is 13.2. The van der Waals surface area contributed by atoms with Crippen LogP contribution < -0.4 is 16.3 Å². The fourth-order valence-corrected chi connectivity index (χ4v) is 6.08. The topological polar surface area (TPSA) is 163 Å². The average Bonchev–Trinajstić information content (AvgIpc) is 3.31. The number of ether oxygens (including phenoxy) is 1. The molecule has 12 heteroatoms. The molecule has 0 aliphatic carbocycles. The monoisotopic (exact) mass is 654 g/mol. The normalized spacial score (nSPS) is 20.3. The van der Waals surface area contributed by atoms with Crippen molar-refractivity contribution in [2.24, 2.45) is 0 Å². The van der Waals surface area contributed by atoms with Gasteiger partial charge in [-0.2, -0.15) is 16.7 Å². The molecule has 1 fully saturated rings. The lowest BCUT2D eigenvalue weighted by molar-refractivity contribution is -0.126. The summed E-state index contributed by atoms with van der Waals surface area (Å²) in [6.07, 6.45) is 19.2. The van der Waals surface area contributed by atoms with E-state index in [4.69, 9.17) is 4.74 Å². The number of hydrogen-bond donors (Lipinski definition) is 5. The second-order valence-electron chi connectivity index (χ2n) is 12.2. The number of carbonyl (C=O) groups is 2. The highest BCUT2D eigenvalue weighted by Crippen LogP contribution is 2.28. The first kappa shape index (κ1) is 39.2. The van der Waals surface area contributed by atoms with Crippen LogP contribution in [-0.4, -0.2) is 79.7 Å². The van der Waals surface area contributed by atoms with E-state index >= 15 is 0 Å². The average molecular weight is 655 g/mol. The minimum absolute atomic E-state index is 0.00537. The van der Waals surface area contributed by atoms with Crippen LogP contribution in [0.1, 0.15) is 129 Å². The Kier molecular flexibility index (Phi) is 20.3. The van der Waals surface area contributed by atoms with E-state index in [1.54, 1.807) is 11.8 Å². The summed E-state index contributed by atoms with van der Waals surface area (Å²) in [5.41, 5.74) is -0.809. The van der Waals surface area contributed by atoms with E-state index in [-0.39, 0.29) is 11.7 Å². The van der Waals surface area contributed by atoms with Gasteiger partial charge in [-0.15, -0.1) is 0 Å². The number of aromatic nitrogens is 2. The first-order valence-electron chi connectivity index (χ1n) is 17.1. The number of unbranched alkanes of at least 4 members (excludes halogenated alkanes) is 15. The molecule has 1 aromatic heterocycles. The summed E-state index contributed by atoms with van der Waals surface area (Å²) in [6, 6.07) is 0.605. The molecular formula is C33H58N4O7S. The van der Waals surface area contributed by atoms with E-state index in [1.165, 1.54) is 95.7 Å². The van der Waals surface area contributed by atoms with Crippen LogP contribution in [0, 0.1) is 0 Å². The first-order chi connectivity index (χ1) is 21.8. The van der Waals surface area contributed by atoms with Crippen molar-refractivity contribution in [1.29, 1.82) is 0 Å². The fourth-order valence-electron chi connectivity index (χ4n) is 5.60. The van der Waals surface area contributed by atoms with Crippen LogP contribution in [0.5, 0.6) is 0 Å². The summed E-state index contributed by atoms with van der Waals surface area (Å²) in [7, 11) is 0. The third-order valence-electron chi connectivity index (χ3n) is 8.39. The lowest BCUT2D eigenvalue weighted by Crippen LogP contribution is -2.44. The number of amides is 2. The molecule has 45 heavy (non-hydrogen) atoms. The number of nitrogens with zero attached hydrogens (tertiary/aromatic N) is 2. The largest absolute Gasteiger partial charge is 0.394 e. The molecule has 5 N–H and O–H groups in total. The van der Waals surface area contributed by atoms with Crippen LogP contribution in [0.25, 0.3) is 0 Å². The van der Waals surface area contributed by atoms with Gasteiger partial charge in [-0.3, -0.25) is 14.2 Å². The van der Waals surface area contributed by atoms with Crippen LogP contribution >= 0.6 is 11.8 Å². The Hall–Kier alpha value is -1.99. The summed E-state index contributed by atoms with van der Waals surface area (Å²) in [6.45, 7) is 1.74. The molecule has 0 spiro atoms. The number of rotatable bonds is 25. The number of thioether (sulfide) groups is 1. The van der Waals surface area contributed by atoms with Crippen molar-refractivity contribution >= 4 is 29.4 Å². The highest BCUT2D eigenvalue weighted by Gasteiger charge is 2.43. The summed E-state index contributed by atoms with van der Waals surface area (Å²) in [5, 5.41) is 34.9. The van der Waals surface area contributed by atoms with Gasteiger partial charge in [0.15, 0.2) is 6.23 Å². The molecule has 0 radical (unpaired) electrons. The van der Waals surface area contributed by atoms with Crippen LogP contribution in [0.15, 0.2) is 17.1 Å². The Balaban J connectivity index is 1.65. The second kappa shape index (κ2) is 23.3. The molecule has 0 unspecified atom stereocenters. The maximum absolute atomic E-state index is 13.0. The van der Waals surface area contributed by atoms with Crippen molar-refractivity contribution in [2.75, 3.05) is 23.9 Å². The summed E-state index contributed by atoms with van der Waals surface area (Å²) in [5.74, 6) is 0.0167. The lowest BCUT2D eigenvalue weighted by Gasteiger charge is -2.19. The Morgan fingerprint density at radius 1 is 0.933 bits per heavy atom. The van der Waals surface area contributed by atoms with Gasteiger partial charge in [0, 0.05) is 12.6 Å². The van der Waals surface area contributed by atoms with Crippen molar-refractivity contribution in [1.82, 2.24) is 14.9 Å². The zero-order valence-electron chi connectivity index (χ0n) is 27.5. The van der Waals surface area contributed by atoms with E-state index < -0.39 is 48.8 Å².